The summed E-state index contributed by atoms with van der Waals surface area (Å²) in [6, 6.07) is 15.6. The van der Waals surface area contributed by atoms with Gasteiger partial charge in [0.25, 0.3) is 17.7 Å². The van der Waals surface area contributed by atoms with Gasteiger partial charge in [-0.25, -0.2) is 9.69 Å². The Balaban J connectivity index is 1.19. The normalized spacial score (nSPS) is 15.2. The summed E-state index contributed by atoms with van der Waals surface area (Å²) in [4.78, 5) is 177. The van der Waals surface area contributed by atoms with Gasteiger partial charge in [0.05, 0.1) is 18.7 Å². The van der Waals surface area contributed by atoms with Crippen LogP contribution in [0.3, 0.4) is 0 Å². The van der Waals surface area contributed by atoms with E-state index in [-0.39, 0.29) is 112 Å². The number of carbonyl (C=O) groups excluding carboxylic acids is 12. The summed E-state index contributed by atoms with van der Waals surface area (Å²) in [5.41, 5.74) is 25.9. The molecule has 6 aromatic rings. The lowest BCUT2D eigenvalue weighted by atomic mass is 9.99. The number of carbonyl (C=O) groups is 12. The fourth-order valence-electron chi connectivity index (χ4n) is 12.2. The molecule has 32 heteroatoms. The molecule has 2 heterocycles. The number of aromatic nitrogens is 1. The number of aliphatic hydroxyl groups excluding tert-OH is 1. The third kappa shape index (κ3) is 24.0. The monoisotopic (exact) mass is 1470 g/mol. The number of hydrogen-bond acceptors (Lipinski definition) is 17. The molecular formula is C73H94ClN17O14. The Kier molecular flexibility index (Phi) is 30.2. The maximum Gasteiger partial charge on any atom is 0.312 e. The highest BCUT2D eigenvalue weighted by Gasteiger charge is 2.44. The minimum Gasteiger partial charge on any atom is -0.508 e. The highest BCUT2D eigenvalue weighted by molar-refractivity contribution is 6.30. The maximum atomic E-state index is 15.8. The van der Waals surface area contributed by atoms with Crippen LogP contribution in [0.4, 0.5) is 4.79 Å². The SMILES string of the molecule is CC(=O)N[C@H](Cc1ccc2ccccc2c1)C(=O)N(C(=O)[C@H](Cc1ccc(O)cc1)NC(=O)[C@H](CO)NC(=O)[C@@H](Cc1c[nH]c2ccccc12)NC(=O)[C@H](N)Cc1ccc(Cl)cc1)C(=O)[C@@H](C)NC(=O)[C@@H]1CCCN1C(=O)[C@H](CCCNC(=N)N)NC(=O)[C@H](CC(C)C)NC(=O)[C@H](N)CCCNC(N)=O. The van der Waals surface area contributed by atoms with Crippen LogP contribution in [0.2, 0.25) is 5.02 Å². The average molecular weight is 1470 g/mol. The fraction of sp³-hybridized carbons (Fsp3) is 0.411. The molecular weight excluding hydrogens is 1370 g/mol. The number of amides is 13. The predicted octanol–water partition coefficient (Wildman–Crippen LogP) is 0.662. The van der Waals surface area contributed by atoms with Gasteiger partial charge in [-0.2, -0.15) is 0 Å². The van der Waals surface area contributed by atoms with Gasteiger partial charge in [0, 0.05) is 67.9 Å². The van der Waals surface area contributed by atoms with Crippen LogP contribution in [-0.4, -0.2) is 189 Å². The van der Waals surface area contributed by atoms with E-state index in [2.05, 4.69) is 52.8 Å². The molecule has 1 saturated heterocycles. The molecule has 0 saturated carbocycles. The molecule has 0 radical (unpaired) electrons. The Labute approximate surface area is 611 Å². The van der Waals surface area contributed by atoms with Gasteiger partial charge in [-0.3, -0.25) is 58.1 Å². The van der Waals surface area contributed by atoms with Crippen LogP contribution >= 0.6 is 11.6 Å². The molecule has 1 fully saturated rings. The number of H-pyrrole nitrogens is 1. The first kappa shape index (κ1) is 81.3. The Hall–Kier alpha value is -11.0. The van der Waals surface area contributed by atoms with Gasteiger partial charge < -0.3 is 90.9 Å². The number of likely N-dealkylation sites (tertiary alicyclic amines) is 1. The van der Waals surface area contributed by atoms with E-state index in [1.54, 1.807) is 92.8 Å². The van der Waals surface area contributed by atoms with Gasteiger partial charge in [-0.15, -0.1) is 0 Å². The zero-order chi connectivity index (χ0) is 76.6. The zero-order valence-corrected chi connectivity index (χ0v) is 59.6. The molecule has 105 heavy (non-hydrogen) atoms. The second-order valence-electron chi connectivity index (χ2n) is 26.4. The summed E-state index contributed by atoms with van der Waals surface area (Å²) in [7, 11) is 0. The topological polar surface area (TPSA) is 504 Å². The second-order valence-corrected chi connectivity index (χ2v) is 26.9. The number of primary amides is 1. The molecule has 0 bridgehead atoms. The quantitative estimate of drug-likeness (QED) is 0.0146. The summed E-state index contributed by atoms with van der Waals surface area (Å²) in [6.45, 7) is 4.93. The van der Waals surface area contributed by atoms with E-state index in [4.69, 9.17) is 39.9 Å². The molecule has 562 valence electrons. The lowest BCUT2D eigenvalue weighted by molar-refractivity contribution is -0.159. The number of halogens is 1. The van der Waals surface area contributed by atoms with E-state index < -0.39 is 144 Å². The van der Waals surface area contributed by atoms with Gasteiger partial charge >= 0.3 is 6.03 Å². The van der Waals surface area contributed by atoms with E-state index in [0.717, 1.165) is 24.6 Å². The van der Waals surface area contributed by atoms with E-state index in [1.807, 2.05) is 18.2 Å². The number of guanidine groups is 1. The van der Waals surface area contributed by atoms with E-state index >= 15 is 14.4 Å². The lowest BCUT2D eigenvalue weighted by Gasteiger charge is -2.32. The fourth-order valence-corrected chi connectivity index (χ4v) is 12.4. The number of para-hydroxylation sites is 1. The van der Waals surface area contributed by atoms with Crippen molar-refractivity contribution >= 4 is 110 Å². The number of aliphatic hydroxyl groups is 1. The van der Waals surface area contributed by atoms with Crippen molar-refractivity contribution in [1.82, 2.24) is 62.6 Å². The minimum atomic E-state index is -1.99. The van der Waals surface area contributed by atoms with Crippen molar-refractivity contribution in [3.63, 3.8) is 0 Å². The van der Waals surface area contributed by atoms with Gasteiger partial charge in [0.2, 0.25) is 47.3 Å². The number of phenols is 1. The van der Waals surface area contributed by atoms with Crippen molar-refractivity contribution in [2.45, 2.75) is 159 Å². The number of nitrogens with zero attached hydrogens (tertiary/aromatic N) is 2. The number of fused-ring (bicyclic) bond motifs is 2. The van der Waals surface area contributed by atoms with Crippen LogP contribution in [0.15, 0.2) is 121 Å². The standard InChI is InChI=1S/C73H94ClN17O14/c1-40(2)32-56(86-62(95)52(75)15-9-30-81-73(79)105)64(97)85-55(17-10-29-80-72(77)78)69(102)90-31-11-18-61(90)67(100)83-41(3)68(101)91(70(103)58(84-42(4)93)36-45-19-24-46-12-5-6-13-47(46)33-45)71(104)59(35-44-22-27-50(94)28-23-44)88-66(99)60(39-92)89-65(98)57(37-48-38-82-54-16-8-7-14-51(48)54)87-63(96)53(76)34-43-20-25-49(74)26-21-43/h5-8,12-14,16,19-28,33,38,40-41,52-53,55-61,82,92,94H,9-11,15,17-18,29-32,34-37,39,75-76H2,1-4H3,(H,83,100)(H,84,93)(H,85,97)(H,86,95)(H,87,96)(H,88,99)(H,89,98)(H4,77,78,80)(H3,79,81,105)/t41-,52-,53-,55+,56+,57-,58-,59+,60+,61+/m1/s1. The number of rotatable bonds is 36. The van der Waals surface area contributed by atoms with Crippen LogP contribution in [-0.2, 0) is 78.4 Å². The van der Waals surface area contributed by atoms with Gasteiger partial charge in [0.15, 0.2) is 5.96 Å². The molecule has 31 nitrogen and oxygen atoms in total. The number of benzene rings is 5. The number of nitrogens with two attached hydrogens (primary N) is 4. The van der Waals surface area contributed by atoms with Gasteiger partial charge in [-0.05, 0) is 128 Å². The first-order chi connectivity index (χ1) is 50.0. The average Bonchev–Trinajstić information content (AvgIpc) is 1.27. The Morgan fingerprint density at radius 3 is 1.82 bits per heavy atom. The molecule has 1 aromatic heterocycles. The van der Waals surface area contributed by atoms with Crippen LogP contribution in [0, 0.1) is 11.3 Å². The third-order valence-corrected chi connectivity index (χ3v) is 17.9. The van der Waals surface area contributed by atoms with Crippen molar-refractivity contribution in [3.8, 4) is 5.75 Å². The molecule has 0 aliphatic carbocycles. The second kappa shape index (κ2) is 39.0. The Morgan fingerprint density at radius 2 is 1.15 bits per heavy atom. The summed E-state index contributed by atoms with van der Waals surface area (Å²) in [5.74, 6) is -11.8. The highest BCUT2D eigenvalue weighted by atomic mass is 35.5. The smallest absolute Gasteiger partial charge is 0.312 e. The predicted molar refractivity (Wildman–Crippen MR) is 392 cm³/mol. The van der Waals surface area contributed by atoms with Gasteiger partial charge in [-0.1, -0.05) is 110 Å². The molecule has 13 amide bonds. The highest BCUT2D eigenvalue weighted by Crippen LogP contribution is 2.24. The number of nitrogens with one attached hydrogen (secondary N) is 11. The molecule has 7 rings (SSSR count). The zero-order valence-electron chi connectivity index (χ0n) is 58.9. The molecule has 1 aliphatic heterocycles. The van der Waals surface area contributed by atoms with Crippen LogP contribution in [0.25, 0.3) is 21.7 Å². The number of hydrogen-bond donors (Lipinski definition) is 17. The Morgan fingerprint density at radius 1 is 0.600 bits per heavy atom. The van der Waals surface area contributed by atoms with E-state index in [0.29, 0.717) is 32.6 Å². The Bertz CT molecular complexity index is 4100. The molecule has 21 N–H and O–H groups in total. The molecule has 5 aromatic carbocycles. The molecule has 0 unspecified atom stereocenters. The molecule has 1 aliphatic rings. The number of urea groups is 1. The van der Waals surface area contributed by atoms with Crippen LogP contribution in [0.5, 0.6) is 5.75 Å². The summed E-state index contributed by atoms with van der Waals surface area (Å²) in [5, 5.41) is 54.9. The number of aromatic hydroxyl groups is 1. The minimum absolute atomic E-state index is 0.0131. The molecule has 0 spiro atoms. The summed E-state index contributed by atoms with van der Waals surface area (Å²) < 4.78 is 0. The van der Waals surface area contributed by atoms with Gasteiger partial charge in [0.1, 0.15) is 54.1 Å². The van der Waals surface area contributed by atoms with Crippen molar-refractivity contribution in [2.75, 3.05) is 26.2 Å². The first-order valence-corrected chi connectivity index (χ1v) is 35.0. The largest absolute Gasteiger partial charge is 0.508 e. The number of aromatic amines is 1. The van der Waals surface area contributed by atoms with Crippen molar-refractivity contribution in [3.05, 3.63) is 149 Å². The maximum absolute atomic E-state index is 15.8. The summed E-state index contributed by atoms with van der Waals surface area (Å²) in [6.07, 6.45) is 1.44. The van der Waals surface area contributed by atoms with E-state index in [1.165, 1.54) is 29.2 Å². The van der Waals surface area contributed by atoms with Crippen LogP contribution in [0.1, 0.15) is 94.9 Å². The third-order valence-electron chi connectivity index (χ3n) is 17.7. The molecule has 10 atom stereocenters. The van der Waals surface area contributed by atoms with Crippen molar-refractivity contribution < 1.29 is 67.7 Å². The summed E-state index contributed by atoms with van der Waals surface area (Å²) >= 11 is 6.09. The van der Waals surface area contributed by atoms with Crippen molar-refractivity contribution in [2.24, 2.45) is 28.9 Å². The van der Waals surface area contributed by atoms with Crippen LogP contribution < -0.4 is 70.8 Å². The lowest BCUT2D eigenvalue weighted by Crippen LogP contribution is -2.64. The first-order valence-electron chi connectivity index (χ1n) is 34.6. The van der Waals surface area contributed by atoms with E-state index in [9.17, 15) is 53.4 Å². The van der Waals surface area contributed by atoms with Crippen molar-refractivity contribution in [1.29, 1.82) is 5.41 Å². The number of imide groups is 3. The number of phenolic OH excluding ortho intramolecular Hbond substituents is 1.